The summed E-state index contributed by atoms with van der Waals surface area (Å²) >= 11 is 1.65. The fourth-order valence-electron chi connectivity index (χ4n) is 3.12. The van der Waals surface area contributed by atoms with Crippen molar-refractivity contribution >= 4 is 33.8 Å². The van der Waals surface area contributed by atoms with E-state index in [9.17, 15) is 4.79 Å². The van der Waals surface area contributed by atoms with E-state index in [2.05, 4.69) is 47.6 Å². The van der Waals surface area contributed by atoms with E-state index in [1.165, 1.54) is 11.1 Å². The van der Waals surface area contributed by atoms with Gasteiger partial charge in [-0.15, -0.1) is 16.4 Å². The fraction of sp³-hybridized carbons (Fsp3) is 0.263. The van der Waals surface area contributed by atoms with Gasteiger partial charge in [0.2, 0.25) is 5.91 Å². The molecule has 0 atom stereocenters. The van der Waals surface area contributed by atoms with Crippen LogP contribution in [0.5, 0.6) is 0 Å². The zero-order chi connectivity index (χ0) is 18.3. The van der Waals surface area contributed by atoms with Crippen LogP contribution in [0.2, 0.25) is 0 Å². The molecule has 26 heavy (non-hydrogen) atoms. The van der Waals surface area contributed by atoms with Gasteiger partial charge in [-0.3, -0.25) is 4.79 Å². The number of rotatable bonds is 4. The molecule has 3 aromatic heterocycles. The predicted octanol–water partition coefficient (Wildman–Crippen LogP) is 3.50. The second-order valence-electron chi connectivity index (χ2n) is 6.53. The van der Waals surface area contributed by atoms with E-state index in [1.54, 1.807) is 22.8 Å². The molecular formula is C19H19N5OS. The molecule has 0 saturated heterocycles. The number of benzene rings is 1. The van der Waals surface area contributed by atoms with Crippen molar-refractivity contribution < 1.29 is 4.79 Å². The number of aromatic nitrogens is 4. The van der Waals surface area contributed by atoms with E-state index in [0.29, 0.717) is 18.7 Å². The van der Waals surface area contributed by atoms with Crippen molar-refractivity contribution in [2.45, 2.75) is 33.9 Å². The summed E-state index contributed by atoms with van der Waals surface area (Å²) in [6, 6.07) is 10.4. The number of hydrogen-bond acceptors (Lipinski definition) is 5. The molecule has 6 nitrogen and oxygen atoms in total. The number of fused-ring (bicyclic) bond motifs is 3. The van der Waals surface area contributed by atoms with E-state index < -0.39 is 0 Å². The monoisotopic (exact) mass is 365 g/mol. The van der Waals surface area contributed by atoms with Crippen molar-refractivity contribution in [1.29, 1.82) is 0 Å². The van der Waals surface area contributed by atoms with Gasteiger partial charge < -0.3 is 4.90 Å². The molecule has 0 saturated carbocycles. The number of thiophene rings is 1. The molecule has 132 valence electrons. The van der Waals surface area contributed by atoms with Crippen molar-refractivity contribution in [1.82, 2.24) is 24.9 Å². The highest BCUT2D eigenvalue weighted by molar-refractivity contribution is 7.09. The van der Waals surface area contributed by atoms with Crippen LogP contribution in [0.3, 0.4) is 0 Å². The summed E-state index contributed by atoms with van der Waals surface area (Å²) < 4.78 is 1.76. The minimum atomic E-state index is 0.0317. The first kappa shape index (κ1) is 16.7. The Morgan fingerprint density at radius 1 is 1.19 bits per heavy atom. The fourth-order valence-corrected chi connectivity index (χ4v) is 3.83. The lowest BCUT2D eigenvalue weighted by Crippen LogP contribution is -2.27. The topological polar surface area (TPSA) is 63.4 Å². The van der Waals surface area contributed by atoms with E-state index in [-0.39, 0.29) is 5.91 Å². The van der Waals surface area contributed by atoms with E-state index in [1.807, 2.05) is 22.4 Å². The lowest BCUT2D eigenvalue weighted by atomic mass is 10.0. The Kier molecular flexibility index (Phi) is 4.16. The largest absolute Gasteiger partial charge is 0.333 e. The van der Waals surface area contributed by atoms with Crippen molar-refractivity contribution in [2.75, 3.05) is 0 Å². The van der Waals surface area contributed by atoms with Crippen LogP contribution >= 0.6 is 11.3 Å². The van der Waals surface area contributed by atoms with Gasteiger partial charge in [-0.2, -0.15) is 4.52 Å². The summed E-state index contributed by atoms with van der Waals surface area (Å²) in [5.41, 5.74) is 5.03. The zero-order valence-electron chi connectivity index (χ0n) is 14.9. The maximum absolute atomic E-state index is 12.2. The van der Waals surface area contributed by atoms with Gasteiger partial charge in [0.25, 0.3) is 0 Å². The number of carbonyl (C=O) groups excluding carboxylic acids is 1. The molecule has 1 aromatic carbocycles. The first-order valence-corrected chi connectivity index (χ1v) is 9.29. The van der Waals surface area contributed by atoms with Crippen LogP contribution in [0.4, 0.5) is 0 Å². The molecule has 0 aliphatic rings. The summed E-state index contributed by atoms with van der Waals surface area (Å²) in [4.78, 5) is 15.2. The third-order valence-electron chi connectivity index (χ3n) is 4.69. The third kappa shape index (κ3) is 2.94. The van der Waals surface area contributed by atoms with E-state index in [4.69, 9.17) is 0 Å². The van der Waals surface area contributed by atoms with Crippen LogP contribution in [-0.2, 0) is 17.9 Å². The van der Waals surface area contributed by atoms with Gasteiger partial charge in [0.1, 0.15) is 0 Å². The molecule has 0 N–H and O–H groups in total. The second kappa shape index (κ2) is 6.49. The van der Waals surface area contributed by atoms with Gasteiger partial charge in [0, 0.05) is 29.3 Å². The normalized spacial score (nSPS) is 11.3. The first-order chi connectivity index (χ1) is 12.5. The Bertz CT molecular complexity index is 1100. The summed E-state index contributed by atoms with van der Waals surface area (Å²) in [5, 5.41) is 15.3. The molecule has 4 aromatic rings. The quantitative estimate of drug-likeness (QED) is 0.555. The summed E-state index contributed by atoms with van der Waals surface area (Å²) in [5.74, 6) is 0.0317. The number of amides is 1. The minimum Gasteiger partial charge on any atom is -0.333 e. The predicted molar refractivity (Wildman–Crippen MR) is 102 cm³/mol. The number of aryl methyl sites for hydroxylation is 2. The Morgan fingerprint density at radius 2 is 2.00 bits per heavy atom. The molecule has 0 bridgehead atoms. The molecule has 0 fully saturated rings. The average Bonchev–Trinajstić information content (AvgIpc) is 3.27. The lowest BCUT2D eigenvalue weighted by molar-refractivity contribution is -0.130. The molecule has 0 unspecified atom stereocenters. The van der Waals surface area contributed by atoms with Gasteiger partial charge in [-0.25, -0.2) is 0 Å². The molecule has 1 amide bonds. The summed E-state index contributed by atoms with van der Waals surface area (Å²) in [6.45, 7) is 6.83. The number of nitrogens with zero attached hydrogens (tertiary/aromatic N) is 5. The van der Waals surface area contributed by atoms with Crippen molar-refractivity contribution in [3.8, 4) is 0 Å². The maximum atomic E-state index is 12.2. The smallest absolute Gasteiger partial charge is 0.220 e. The zero-order valence-corrected chi connectivity index (χ0v) is 15.7. The highest BCUT2D eigenvalue weighted by atomic mass is 32.1. The molecule has 4 rings (SSSR count). The van der Waals surface area contributed by atoms with Crippen molar-refractivity contribution in [3.63, 3.8) is 0 Å². The summed E-state index contributed by atoms with van der Waals surface area (Å²) in [6.07, 6.45) is 0. The maximum Gasteiger partial charge on any atom is 0.220 e. The van der Waals surface area contributed by atoms with Gasteiger partial charge in [-0.1, -0.05) is 6.07 Å². The van der Waals surface area contributed by atoms with Gasteiger partial charge in [0.05, 0.1) is 12.1 Å². The molecule has 3 heterocycles. The lowest BCUT2D eigenvalue weighted by Gasteiger charge is -2.21. The Balaban J connectivity index is 1.80. The van der Waals surface area contributed by atoms with E-state index >= 15 is 0 Å². The number of hydrogen-bond donors (Lipinski definition) is 0. The number of tetrazole rings is 1. The SMILES string of the molecule is CC(=O)N(Cc1cccs1)Cc1cc2cc(C)c(C)cc2n2nnnc12. The molecular weight excluding hydrogens is 346 g/mol. The van der Waals surface area contributed by atoms with Crippen molar-refractivity contribution in [3.05, 3.63) is 57.3 Å². The Labute approximate surface area is 155 Å². The molecule has 0 spiro atoms. The standard InChI is InChI=1S/C19H19N5OS/c1-12-7-15-9-16(10-23(14(3)25)11-17-5-4-6-26-17)19-20-21-22-24(19)18(15)8-13(12)2/h4-9H,10-11H2,1-3H3. The van der Waals surface area contributed by atoms with Gasteiger partial charge in [-0.05, 0) is 65.0 Å². The van der Waals surface area contributed by atoms with Crippen molar-refractivity contribution in [2.24, 2.45) is 0 Å². The van der Waals surface area contributed by atoms with Crippen LogP contribution in [-0.4, -0.2) is 30.8 Å². The van der Waals surface area contributed by atoms with Crippen LogP contribution in [0.1, 0.15) is 28.5 Å². The molecule has 0 aliphatic carbocycles. The molecule has 7 heteroatoms. The molecule has 0 radical (unpaired) electrons. The average molecular weight is 365 g/mol. The highest BCUT2D eigenvalue weighted by Crippen LogP contribution is 2.24. The van der Waals surface area contributed by atoms with Crippen LogP contribution in [0, 0.1) is 13.8 Å². The summed E-state index contributed by atoms with van der Waals surface area (Å²) in [7, 11) is 0. The Morgan fingerprint density at radius 3 is 2.73 bits per heavy atom. The highest BCUT2D eigenvalue weighted by Gasteiger charge is 2.16. The minimum absolute atomic E-state index is 0.0317. The van der Waals surface area contributed by atoms with Gasteiger partial charge >= 0.3 is 0 Å². The number of carbonyl (C=O) groups is 1. The Hall–Kier alpha value is -2.80. The van der Waals surface area contributed by atoms with Crippen LogP contribution < -0.4 is 0 Å². The van der Waals surface area contributed by atoms with E-state index in [0.717, 1.165) is 21.3 Å². The first-order valence-electron chi connectivity index (χ1n) is 8.42. The number of pyridine rings is 1. The van der Waals surface area contributed by atoms with Crippen LogP contribution in [0.15, 0.2) is 35.7 Å². The molecule has 0 aliphatic heterocycles. The van der Waals surface area contributed by atoms with Gasteiger partial charge in [0.15, 0.2) is 5.65 Å². The van der Waals surface area contributed by atoms with Crippen LogP contribution in [0.25, 0.3) is 16.6 Å². The second-order valence-corrected chi connectivity index (χ2v) is 7.57. The third-order valence-corrected chi connectivity index (χ3v) is 5.55.